The van der Waals surface area contributed by atoms with Crippen LogP contribution in [0.4, 0.5) is 11.6 Å². The normalized spacial score (nSPS) is 12.8. The highest BCUT2D eigenvalue weighted by molar-refractivity contribution is 6.31. The van der Waals surface area contributed by atoms with E-state index in [0.717, 1.165) is 29.2 Å². The topological polar surface area (TPSA) is 76.1 Å². The van der Waals surface area contributed by atoms with Crippen molar-refractivity contribution in [2.24, 2.45) is 5.92 Å². The lowest BCUT2D eigenvalue weighted by Gasteiger charge is -2.09. The Morgan fingerprint density at radius 1 is 1.14 bits per heavy atom. The predicted molar refractivity (Wildman–Crippen MR) is 114 cm³/mol. The molecule has 29 heavy (non-hydrogen) atoms. The molecule has 6 nitrogen and oxygen atoms in total. The molecule has 2 heterocycles. The van der Waals surface area contributed by atoms with Gasteiger partial charge in [-0.1, -0.05) is 23.4 Å². The number of nitrogens with one attached hydrogen (secondary N) is 2. The molecule has 1 aromatic carbocycles. The maximum absolute atomic E-state index is 12.1. The molecule has 0 saturated heterocycles. The molecule has 4 rings (SSSR count). The maximum atomic E-state index is 12.1. The SMILES string of the molecule is CNc1ncc(C#Cc2ccc(OC)cc2Cl)c2cc(NC(=O)C3CC3)ncc12. The van der Waals surface area contributed by atoms with Crippen LogP contribution < -0.4 is 15.4 Å². The quantitative estimate of drug-likeness (QED) is 0.638. The molecule has 0 aliphatic heterocycles. The second kappa shape index (κ2) is 7.98. The van der Waals surface area contributed by atoms with Gasteiger partial charge in [0.2, 0.25) is 5.91 Å². The number of anilines is 2. The summed E-state index contributed by atoms with van der Waals surface area (Å²) < 4.78 is 5.17. The summed E-state index contributed by atoms with van der Waals surface area (Å²) in [6, 6.07) is 7.18. The Kier molecular flexibility index (Phi) is 5.24. The van der Waals surface area contributed by atoms with E-state index in [-0.39, 0.29) is 11.8 Å². The highest BCUT2D eigenvalue weighted by Crippen LogP contribution is 2.31. The van der Waals surface area contributed by atoms with Gasteiger partial charge in [0.1, 0.15) is 17.4 Å². The lowest BCUT2D eigenvalue weighted by molar-refractivity contribution is -0.117. The van der Waals surface area contributed by atoms with Gasteiger partial charge < -0.3 is 15.4 Å². The van der Waals surface area contributed by atoms with Crippen LogP contribution in [-0.4, -0.2) is 30.0 Å². The minimum absolute atomic E-state index is 0.0115. The third-order valence-corrected chi connectivity index (χ3v) is 5.03. The summed E-state index contributed by atoms with van der Waals surface area (Å²) in [5, 5.41) is 8.13. The first-order valence-corrected chi connectivity index (χ1v) is 9.59. The van der Waals surface area contributed by atoms with Gasteiger partial charge in [-0.2, -0.15) is 0 Å². The van der Waals surface area contributed by atoms with E-state index in [4.69, 9.17) is 16.3 Å². The number of halogens is 1. The zero-order chi connectivity index (χ0) is 20.4. The number of hydrogen-bond donors (Lipinski definition) is 2. The Bertz CT molecular complexity index is 1160. The average molecular weight is 407 g/mol. The van der Waals surface area contributed by atoms with E-state index in [9.17, 15) is 4.79 Å². The van der Waals surface area contributed by atoms with E-state index in [2.05, 4.69) is 32.4 Å². The molecule has 1 fully saturated rings. The zero-order valence-electron chi connectivity index (χ0n) is 16.0. The van der Waals surface area contributed by atoms with Gasteiger partial charge in [-0.15, -0.1) is 0 Å². The number of benzene rings is 1. The van der Waals surface area contributed by atoms with Gasteiger partial charge in [0.25, 0.3) is 0 Å². The fourth-order valence-electron chi connectivity index (χ4n) is 2.93. The van der Waals surface area contributed by atoms with Crippen molar-refractivity contribution < 1.29 is 9.53 Å². The monoisotopic (exact) mass is 406 g/mol. The van der Waals surface area contributed by atoms with Gasteiger partial charge in [-0.05, 0) is 37.1 Å². The van der Waals surface area contributed by atoms with Crippen LogP contribution in [-0.2, 0) is 4.79 Å². The molecular weight excluding hydrogens is 388 g/mol. The van der Waals surface area contributed by atoms with Crippen LogP contribution in [0.3, 0.4) is 0 Å². The molecule has 0 bridgehead atoms. The maximum Gasteiger partial charge on any atom is 0.228 e. The van der Waals surface area contributed by atoms with E-state index >= 15 is 0 Å². The number of aromatic nitrogens is 2. The lowest BCUT2D eigenvalue weighted by atomic mass is 10.1. The van der Waals surface area contributed by atoms with Crippen LogP contribution in [0.5, 0.6) is 5.75 Å². The molecular formula is C22H19ClN4O2. The first-order chi connectivity index (χ1) is 14.1. The second-order valence-corrected chi connectivity index (χ2v) is 7.15. The predicted octanol–water partition coefficient (Wildman–Crippen LogP) is 4.08. The van der Waals surface area contributed by atoms with Crippen molar-refractivity contribution in [1.82, 2.24) is 9.97 Å². The van der Waals surface area contributed by atoms with Gasteiger partial charge in [0, 0.05) is 41.7 Å². The Hall–Kier alpha value is -3.30. The fraction of sp³-hybridized carbons (Fsp3) is 0.227. The van der Waals surface area contributed by atoms with Gasteiger partial charge in [-0.25, -0.2) is 9.97 Å². The van der Waals surface area contributed by atoms with Gasteiger partial charge in [-0.3, -0.25) is 4.79 Å². The number of rotatable bonds is 4. The highest BCUT2D eigenvalue weighted by Gasteiger charge is 2.29. The van der Waals surface area contributed by atoms with Crippen molar-refractivity contribution in [1.29, 1.82) is 0 Å². The van der Waals surface area contributed by atoms with E-state index in [1.165, 1.54) is 0 Å². The smallest absolute Gasteiger partial charge is 0.228 e. The van der Waals surface area contributed by atoms with Crippen molar-refractivity contribution in [3.8, 4) is 17.6 Å². The van der Waals surface area contributed by atoms with Crippen LogP contribution in [0.1, 0.15) is 24.0 Å². The summed E-state index contributed by atoms with van der Waals surface area (Å²) in [7, 11) is 3.39. The average Bonchev–Trinajstić information content (AvgIpc) is 3.58. The highest BCUT2D eigenvalue weighted by atomic mass is 35.5. The number of amides is 1. The van der Waals surface area contributed by atoms with Crippen molar-refractivity contribution in [3.63, 3.8) is 0 Å². The molecule has 1 amide bonds. The largest absolute Gasteiger partial charge is 0.497 e. The Balaban J connectivity index is 1.74. The van der Waals surface area contributed by atoms with Crippen LogP contribution in [0.25, 0.3) is 10.8 Å². The van der Waals surface area contributed by atoms with Crippen molar-refractivity contribution >= 4 is 39.9 Å². The number of carbonyl (C=O) groups is 1. The summed E-state index contributed by atoms with van der Waals surface area (Å²) in [4.78, 5) is 20.9. The molecule has 2 aromatic heterocycles. The molecule has 1 aliphatic rings. The van der Waals surface area contributed by atoms with Gasteiger partial charge in [0.15, 0.2) is 0 Å². The van der Waals surface area contributed by atoms with Crippen molar-refractivity contribution in [2.45, 2.75) is 12.8 Å². The van der Waals surface area contributed by atoms with E-state index in [0.29, 0.717) is 28.0 Å². The minimum atomic E-state index is 0.0115. The Morgan fingerprint density at radius 2 is 1.93 bits per heavy atom. The van der Waals surface area contributed by atoms with E-state index < -0.39 is 0 Å². The first kappa shape index (κ1) is 19.0. The molecule has 0 unspecified atom stereocenters. The third kappa shape index (κ3) is 4.10. The number of pyridine rings is 2. The Morgan fingerprint density at radius 3 is 2.62 bits per heavy atom. The number of ether oxygens (including phenoxy) is 1. The fourth-order valence-corrected chi connectivity index (χ4v) is 3.15. The van der Waals surface area contributed by atoms with Crippen LogP contribution in [0.2, 0.25) is 5.02 Å². The molecule has 0 spiro atoms. The summed E-state index contributed by atoms with van der Waals surface area (Å²) in [5.74, 6) is 8.23. The molecule has 0 atom stereocenters. The molecule has 3 aromatic rings. The third-order valence-electron chi connectivity index (χ3n) is 4.72. The lowest BCUT2D eigenvalue weighted by Crippen LogP contribution is -2.14. The summed E-state index contributed by atoms with van der Waals surface area (Å²) in [5.41, 5.74) is 1.41. The number of hydrogen-bond acceptors (Lipinski definition) is 5. The Labute approximate surface area is 173 Å². The first-order valence-electron chi connectivity index (χ1n) is 9.22. The van der Waals surface area contributed by atoms with E-state index in [1.807, 2.05) is 18.2 Å². The standard InChI is InChI=1S/C22H19ClN4O2/c1-24-21-18-12-25-20(27-22(28)14-4-5-14)10-17(18)15(11-26-21)6-3-13-7-8-16(29-2)9-19(13)23/h7-12,14H,4-5H2,1-2H3,(H,24,26)(H,25,27,28). The number of methoxy groups -OCH3 is 1. The second-order valence-electron chi connectivity index (χ2n) is 6.74. The van der Waals surface area contributed by atoms with Crippen LogP contribution >= 0.6 is 11.6 Å². The summed E-state index contributed by atoms with van der Waals surface area (Å²) >= 11 is 6.29. The van der Waals surface area contributed by atoms with Crippen LogP contribution in [0, 0.1) is 17.8 Å². The molecule has 7 heteroatoms. The minimum Gasteiger partial charge on any atom is -0.497 e. The number of carbonyl (C=O) groups excluding carboxylic acids is 1. The molecule has 146 valence electrons. The van der Waals surface area contributed by atoms with Crippen LogP contribution in [0.15, 0.2) is 36.7 Å². The van der Waals surface area contributed by atoms with Crippen molar-refractivity contribution in [3.05, 3.63) is 52.8 Å². The number of fused-ring (bicyclic) bond motifs is 1. The molecule has 1 aliphatic carbocycles. The van der Waals surface area contributed by atoms with Crippen molar-refractivity contribution in [2.75, 3.05) is 24.8 Å². The summed E-state index contributed by atoms with van der Waals surface area (Å²) in [6.45, 7) is 0. The molecule has 2 N–H and O–H groups in total. The van der Waals surface area contributed by atoms with Gasteiger partial charge in [0.05, 0.1) is 17.7 Å². The van der Waals surface area contributed by atoms with E-state index in [1.54, 1.807) is 32.6 Å². The van der Waals surface area contributed by atoms with Gasteiger partial charge >= 0.3 is 0 Å². The number of nitrogens with zero attached hydrogens (tertiary/aromatic N) is 2. The molecule has 1 saturated carbocycles. The zero-order valence-corrected chi connectivity index (χ0v) is 16.8. The molecule has 0 radical (unpaired) electrons. The summed E-state index contributed by atoms with van der Waals surface area (Å²) in [6.07, 6.45) is 5.27.